The fraction of sp³-hybridized carbons (Fsp3) is 0.238. The average molecular weight is 645 g/mol. The molecule has 0 unspecified atom stereocenters. The van der Waals surface area contributed by atoms with Crippen molar-refractivity contribution in [2.45, 2.75) is 53.6 Å². The Kier molecular flexibility index (Phi) is 8.32. The Morgan fingerprint density at radius 3 is 1.78 bits per heavy atom. The molecular weight excluding hydrogens is 605 g/mol. The molecule has 4 heteroatoms. The van der Waals surface area contributed by atoms with Crippen LogP contribution in [0, 0.1) is 20.8 Å². The molecule has 0 saturated carbocycles. The summed E-state index contributed by atoms with van der Waals surface area (Å²) in [4.78, 5) is 2.65. The van der Waals surface area contributed by atoms with Crippen molar-refractivity contribution in [1.29, 1.82) is 0 Å². The van der Waals surface area contributed by atoms with Crippen LogP contribution >= 0.6 is 23.2 Å². The molecule has 46 heavy (non-hydrogen) atoms. The number of hydrogen-bond acceptors (Lipinski definition) is 2. The Bertz CT molecular complexity index is 2120. The lowest BCUT2D eigenvalue weighted by atomic mass is 9.82. The highest BCUT2D eigenvalue weighted by Crippen LogP contribution is 2.49. The first-order valence-electron chi connectivity index (χ1n) is 16.2. The van der Waals surface area contributed by atoms with Crippen molar-refractivity contribution in [3.05, 3.63) is 123 Å². The van der Waals surface area contributed by atoms with E-state index in [1.54, 1.807) is 7.11 Å². The number of methoxy groups -OCH3 is 1. The van der Waals surface area contributed by atoms with Crippen molar-refractivity contribution >= 4 is 44.7 Å². The van der Waals surface area contributed by atoms with Gasteiger partial charge in [-0.3, -0.25) is 4.90 Å². The van der Waals surface area contributed by atoms with Gasteiger partial charge >= 0.3 is 0 Å². The SMILES string of the molecule is CCCCN1Cc2c(-c3cc(C)c(Cl)c(Cl)c3)cc3ccccc3c2-c2c(c(-c3cc(C)c(C)c(OC)c3)cc3ccccc23)C1. The maximum atomic E-state index is 6.74. The molecule has 0 N–H and O–H groups in total. The van der Waals surface area contributed by atoms with Crippen LogP contribution < -0.4 is 4.74 Å². The number of rotatable bonds is 6. The van der Waals surface area contributed by atoms with Gasteiger partial charge in [-0.2, -0.15) is 0 Å². The van der Waals surface area contributed by atoms with Gasteiger partial charge in [0.1, 0.15) is 5.75 Å². The fourth-order valence-electron chi connectivity index (χ4n) is 7.31. The Morgan fingerprint density at radius 2 is 1.24 bits per heavy atom. The summed E-state index contributed by atoms with van der Waals surface area (Å²) in [6, 6.07) is 31.3. The first-order valence-corrected chi connectivity index (χ1v) is 17.0. The summed E-state index contributed by atoms with van der Waals surface area (Å²) in [6.45, 7) is 11.4. The van der Waals surface area contributed by atoms with Crippen molar-refractivity contribution in [2.24, 2.45) is 0 Å². The van der Waals surface area contributed by atoms with Gasteiger partial charge in [0.2, 0.25) is 0 Å². The number of unbranched alkanes of at least 4 members (excludes halogenated alkanes) is 1. The fourth-order valence-corrected chi connectivity index (χ4v) is 7.69. The Labute approximate surface area is 282 Å². The van der Waals surface area contributed by atoms with Gasteiger partial charge in [-0.25, -0.2) is 0 Å². The van der Waals surface area contributed by atoms with E-state index in [1.807, 2.05) is 13.0 Å². The molecule has 1 aliphatic rings. The van der Waals surface area contributed by atoms with E-state index in [-0.39, 0.29) is 0 Å². The number of hydrogen-bond donors (Lipinski definition) is 0. The molecule has 7 rings (SSSR count). The van der Waals surface area contributed by atoms with Crippen LogP contribution in [-0.4, -0.2) is 18.6 Å². The van der Waals surface area contributed by atoms with E-state index in [1.165, 1.54) is 71.6 Å². The zero-order valence-corrected chi connectivity index (χ0v) is 28.7. The van der Waals surface area contributed by atoms with E-state index in [0.29, 0.717) is 10.0 Å². The maximum absolute atomic E-state index is 6.74. The normalized spacial score (nSPS) is 13.1. The highest BCUT2D eigenvalue weighted by atomic mass is 35.5. The molecule has 1 heterocycles. The lowest BCUT2D eigenvalue weighted by molar-refractivity contribution is 0.256. The van der Waals surface area contributed by atoms with Gasteiger partial charge in [0.25, 0.3) is 0 Å². The summed E-state index contributed by atoms with van der Waals surface area (Å²) < 4.78 is 5.89. The molecular formula is C42H39Cl2NO. The minimum atomic E-state index is 0.590. The maximum Gasteiger partial charge on any atom is 0.122 e. The molecule has 6 aromatic carbocycles. The van der Waals surface area contributed by atoms with Crippen LogP contribution in [0.4, 0.5) is 0 Å². The molecule has 2 nitrogen and oxygen atoms in total. The van der Waals surface area contributed by atoms with Crippen molar-refractivity contribution in [2.75, 3.05) is 13.7 Å². The van der Waals surface area contributed by atoms with Crippen molar-refractivity contribution < 1.29 is 4.74 Å². The van der Waals surface area contributed by atoms with Crippen LogP contribution in [0.1, 0.15) is 47.6 Å². The van der Waals surface area contributed by atoms with Crippen molar-refractivity contribution in [3.63, 3.8) is 0 Å². The monoisotopic (exact) mass is 643 g/mol. The second-order valence-corrected chi connectivity index (χ2v) is 13.6. The van der Waals surface area contributed by atoms with Crippen LogP contribution in [0.3, 0.4) is 0 Å². The predicted molar refractivity (Wildman–Crippen MR) is 198 cm³/mol. The van der Waals surface area contributed by atoms with Gasteiger partial charge in [0.15, 0.2) is 0 Å². The van der Waals surface area contributed by atoms with Crippen LogP contribution in [0.2, 0.25) is 10.0 Å². The van der Waals surface area contributed by atoms with E-state index >= 15 is 0 Å². The molecule has 0 aliphatic carbocycles. The number of benzene rings is 6. The second-order valence-electron chi connectivity index (χ2n) is 12.8. The predicted octanol–water partition coefficient (Wildman–Crippen LogP) is 12.4. The zero-order valence-electron chi connectivity index (χ0n) is 27.2. The van der Waals surface area contributed by atoms with Crippen molar-refractivity contribution in [3.8, 4) is 39.1 Å². The average Bonchev–Trinajstić information content (AvgIpc) is 3.24. The van der Waals surface area contributed by atoms with Gasteiger partial charge in [-0.15, -0.1) is 0 Å². The summed E-state index contributed by atoms with van der Waals surface area (Å²) >= 11 is 13.3. The number of nitrogens with zero attached hydrogens (tertiary/aromatic N) is 1. The highest BCUT2D eigenvalue weighted by Gasteiger charge is 2.29. The minimum absolute atomic E-state index is 0.590. The van der Waals surface area contributed by atoms with Crippen LogP contribution in [-0.2, 0) is 13.1 Å². The summed E-state index contributed by atoms with van der Waals surface area (Å²) in [5.74, 6) is 0.927. The first kappa shape index (κ1) is 30.8. The third-order valence-corrected chi connectivity index (χ3v) is 10.7. The molecule has 0 aromatic heterocycles. The Morgan fingerprint density at radius 1 is 0.696 bits per heavy atom. The number of aryl methyl sites for hydroxylation is 2. The molecule has 0 spiro atoms. The van der Waals surface area contributed by atoms with Gasteiger partial charge in [-0.1, -0.05) is 91.1 Å². The van der Waals surface area contributed by atoms with Gasteiger partial charge in [0, 0.05) is 13.1 Å². The smallest absolute Gasteiger partial charge is 0.122 e. The number of halogens is 2. The Hall–Kier alpha value is -3.82. The molecule has 0 atom stereocenters. The molecule has 0 saturated heterocycles. The second kappa shape index (κ2) is 12.4. The first-order chi connectivity index (χ1) is 22.3. The van der Waals surface area contributed by atoms with Crippen LogP contribution in [0.5, 0.6) is 5.75 Å². The lowest BCUT2D eigenvalue weighted by Gasteiger charge is -2.24. The third-order valence-electron chi connectivity index (χ3n) is 9.83. The molecule has 6 aromatic rings. The molecule has 0 radical (unpaired) electrons. The summed E-state index contributed by atoms with van der Waals surface area (Å²) in [5, 5.41) is 6.22. The van der Waals surface area contributed by atoms with E-state index in [0.717, 1.165) is 49.4 Å². The van der Waals surface area contributed by atoms with Crippen LogP contribution in [0.15, 0.2) is 84.9 Å². The van der Waals surface area contributed by atoms with Crippen LogP contribution in [0.25, 0.3) is 54.9 Å². The quantitative estimate of drug-likeness (QED) is 0.179. The summed E-state index contributed by atoms with van der Waals surface area (Å²) in [5.41, 5.74) is 13.5. The lowest BCUT2D eigenvalue weighted by Crippen LogP contribution is -2.23. The number of fused-ring (bicyclic) bond motifs is 7. The minimum Gasteiger partial charge on any atom is -0.496 e. The Balaban J connectivity index is 1.65. The molecule has 0 amide bonds. The third kappa shape index (κ3) is 5.27. The summed E-state index contributed by atoms with van der Waals surface area (Å²) in [6.07, 6.45) is 2.28. The van der Waals surface area contributed by atoms with E-state index < -0.39 is 0 Å². The van der Waals surface area contributed by atoms with E-state index in [9.17, 15) is 0 Å². The molecule has 0 fully saturated rings. The molecule has 232 valence electrons. The molecule has 0 bridgehead atoms. The van der Waals surface area contributed by atoms with E-state index in [2.05, 4.69) is 105 Å². The van der Waals surface area contributed by atoms with Gasteiger partial charge in [0.05, 0.1) is 17.2 Å². The largest absolute Gasteiger partial charge is 0.496 e. The standard InChI is InChI=1S/C42H39Cl2NO/c1-6-7-16-45-23-36-34(30-18-26(3)42(44)38(43)21-30)19-28-12-8-10-14-32(28)40(36)41-33-15-11-9-13-29(33)20-35(37(41)24-45)31-17-25(2)27(4)39(22-31)46-5/h8-15,17-22H,6-7,16,23-24H2,1-5H3. The highest BCUT2D eigenvalue weighted by molar-refractivity contribution is 6.42. The summed E-state index contributed by atoms with van der Waals surface area (Å²) in [7, 11) is 1.77. The molecule has 1 aliphatic heterocycles. The van der Waals surface area contributed by atoms with Gasteiger partial charge < -0.3 is 4.74 Å². The topological polar surface area (TPSA) is 12.5 Å². The number of ether oxygens (including phenoxy) is 1. The van der Waals surface area contributed by atoms with Gasteiger partial charge in [-0.05, 0) is 147 Å². The zero-order chi connectivity index (χ0) is 32.1. The van der Waals surface area contributed by atoms with Crippen molar-refractivity contribution in [1.82, 2.24) is 4.90 Å². The van der Waals surface area contributed by atoms with E-state index in [4.69, 9.17) is 27.9 Å².